The quantitative estimate of drug-likeness (QED) is 0.219. The minimum absolute atomic E-state index is 0.128. The van der Waals surface area contributed by atoms with Crippen LogP contribution in [0.4, 0.5) is 0 Å². The van der Waals surface area contributed by atoms with Crippen LogP contribution in [0.1, 0.15) is 120 Å². The Balaban J connectivity index is 1.15. The van der Waals surface area contributed by atoms with Crippen molar-refractivity contribution in [1.82, 2.24) is 9.80 Å². The van der Waals surface area contributed by atoms with Crippen molar-refractivity contribution < 1.29 is 9.47 Å². The summed E-state index contributed by atoms with van der Waals surface area (Å²) in [6.07, 6.45) is 18.5. The average molecular weight is 625 g/mol. The van der Waals surface area contributed by atoms with Gasteiger partial charge in [0.2, 0.25) is 0 Å². The fourth-order valence-electron chi connectivity index (χ4n) is 7.57. The molecule has 0 spiro atoms. The van der Waals surface area contributed by atoms with Crippen LogP contribution in [0, 0.1) is 13.8 Å². The molecule has 0 aromatic heterocycles. The lowest BCUT2D eigenvalue weighted by Crippen LogP contribution is -2.47. The smallest absolute Gasteiger partial charge is 0.142 e. The first-order valence-corrected chi connectivity index (χ1v) is 18.0. The van der Waals surface area contributed by atoms with Crippen molar-refractivity contribution in [3.8, 4) is 11.5 Å². The van der Waals surface area contributed by atoms with Gasteiger partial charge in [-0.1, -0.05) is 65.3 Å². The zero-order chi connectivity index (χ0) is 32.7. The van der Waals surface area contributed by atoms with Crippen LogP contribution in [0.15, 0.2) is 65.3 Å². The Morgan fingerprint density at radius 2 is 1.50 bits per heavy atom. The Bertz CT molecular complexity index is 1410. The Kier molecular flexibility index (Phi) is 11.9. The van der Waals surface area contributed by atoms with Crippen molar-refractivity contribution in [2.45, 2.75) is 137 Å². The molecule has 0 radical (unpaired) electrons. The van der Waals surface area contributed by atoms with Gasteiger partial charge in [0, 0.05) is 30.3 Å². The van der Waals surface area contributed by atoms with Crippen LogP contribution in [0.25, 0.3) is 0 Å². The van der Waals surface area contributed by atoms with Gasteiger partial charge in [-0.2, -0.15) is 0 Å². The molecule has 5 rings (SSSR count). The van der Waals surface area contributed by atoms with Crippen LogP contribution >= 0.6 is 0 Å². The number of fused-ring (bicyclic) bond motifs is 3. The second-order valence-electron chi connectivity index (χ2n) is 14.9. The Morgan fingerprint density at radius 3 is 2.20 bits per heavy atom. The highest BCUT2D eigenvalue weighted by molar-refractivity contribution is 5.60. The monoisotopic (exact) mass is 624 g/mol. The molecular formula is C42H60N2O2. The van der Waals surface area contributed by atoms with E-state index in [0.717, 1.165) is 82.6 Å². The molecule has 0 amide bonds. The molecule has 3 aliphatic rings. The molecule has 0 saturated carbocycles. The van der Waals surface area contributed by atoms with Crippen molar-refractivity contribution in [2.24, 2.45) is 0 Å². The number of rotatable bonds is 12. The van der Waals surface area contributed by atoms with Gasteiger partial charge in [0.15, 0.2) is 0 Å². The lowest BCUT2D eigenvalue weighted by molar-refractivity contribution is 0.0205. The Hall–Kier alpha value is -2.82. The van der Waals surface area contributed by atoms with Crippen molar-refractivity contribution in [3.63, 3.8) is 0 Å². The van der Waals surface area contributed by atoms with E-state index in [9.17, 15) is 0 Å². The zero-order valence-electron chi connectivity index (χ0n) is 30.0. The van der Waals surface area contributed by atoms with Gasteiger partial charge in [-0.15, -0.1) is 0 Å². The molecule has 1 unspecified atom stereocenters. The van der Waals surface area contributed by atoms with Gasteiger partial charge in [0.25, 0.3) is 0 Å². The van der Waals surface area contributed by atoms with E-state index in [1.54, 1.807) is 0 Å². The van der Waals surface area contributed by atoms with Gasteiger partial charge in [0.05, 0.1) is 0 Å². The largest absolute Gasteiger partial charge is 0.487 e. The molecule has 1 saturated heterocycles. The molecule has 3 heterocycles. The lowest BCUT2D eigenvalue weighted by atomic mass is 9.84. The summed E-state index contributed by atoms with van der Waals surface area (Å²) < 4.78 is 13.5. The standard InChI is InChI=1S/C42H60N2O2/c1-31(2)14-11-15-32(3)16-12-17-33(4)18-13-24-42(7)25-21-38-39-29-44(30-45-40(39)34(5)35(6)41(38)46-42)37-22-26-43(27-23-37)28-36-19-9-8-10-20-36/h8-10,14,16,18-20,37H,11-13,15,17,21-30H2,1-7H3. The summed E-state index contributed by atoms with van der Waals surface area (Å²) in [6, 6.07) is 11.5. The third-order valence-electron chi connectivity index (χ3n) is 10.8. The van der Waals surface area contributed by atoms with Crippen molar-refractivity contribution >= 4 is 0 Å². The molecule has 0 bridgehead atoms. The third-order valence-corrected chi connectivity index (χ3v) is 10.8. The maximum atomic E-state index is 6.97. The Labute approximate surface area is 280 Å². The molecule has 4 nitrogen and oxygen atoms in total. The molecule has 2 aromatic rings. The zero-order valence-corrected chi connectivity index (χ0v) is 30.0. The van der Waals surface area contributed by atoms with E-state index >= 15 is 0 Å². The summed E-state index contributed by atoms with van der Waals surface area (Å²) in [5.41, 5.74) is 11.0. The SMILES string of the molecule is CC(C)=CCCC(C)=CCCC(C)=CCCC1(C)CCc2c3c(c(C)c(C)c2O1)OCN(C1CCN(Cc2ccccc2)CC1)C3. The summed E-state index contributed by atoms with van der Waals surface area (Å²) in [5.74, 6) is 2.27. The molecule has 1 fully saturated rings. The summed E-state index contributed by atoms with van der Waals surface area (Å²) in [4.78, 5) is 5.20. The van der Waals surface area contributed by atoms with E-state index in [2.05, 4.69) is 107 Å². The van der Waals surface area contributed by atoms with E-state index in [1.807, 2.05) is 0 Å². The molecular weight excluding hydrogens is 564 g/mol. The number of benzene rings is 2. The third kappa shape index (κ3) is 8.95. The normalized spacial score (nSPS) is 21.3. The first-order chi connectivity index (χ1) is 22.1. The average Bonchev–Trinajstić information content (AvgIpc) is 3.04. The first kappa shape index (κ1) is 34.5. The van der Waals surface area contributed by atoms with Crippen LogP contribution in [0.2, 0.25) is 0 Å². The van der Waals surface area contributed by atoms with Crippen molar-refractivity contribution in [1.29, 1.82) is 0 Å². The summed E-state index contributed by atoms with van der Waals surface area (Å²) in [7, 11) is 0. The van der Waals surface area contributed by atoms with Gasteiger partial charge in [-0.05, 0) is 142 Å². The summed E-state index contributed by atoms with van der Waals surface area (Å²) >= 11 is 0. The molecule has 4 heteroatoms. The van der Waals surface area contributed by atoms with E-state index in [1.165, 1.54) is 63.8 Å². The molecule has 250 valence electrons. The minimum atomic E-state index is -0.128. The number of nitrogens with zero attached hydrogens (tertiary/aromatic N) is 2. The van der Waals surface area contributed by atoms with E-state index < -0.39 is 0 Å². The lowest BCUT2D eigenvalue weighted by Gasteiger charge is -2.43. The molecule has 3 aliphatic heterocycles. The van der Waals surface area contributed by atoms with E-state index in [-0.39, 0.29) is 5.60 Å². The fourth-order valence-corrected chi connectivity index (χ4v) is 7.57. The summed E-state index contributed by atoms with van der Waals surface area (Å²) in [6.45, 7) is 20.8. The predicted octanol–water partition coefficient (Wildman–Crippen LogP) is 10.4. The highest BCUT2D eigenvalue weighted by Crippen LogP contribution is 2.47. The van der Waals surface area contributed by atoms with Crippen LogP contribution in [-0.2, 0) is 19.5 Å². The summed E-state index contributed by atoms with van der Waals surface area (Å²) in [5, 5.41) is 0. The number of allylic oxidation sites excluding steroid dienone is 6. The van der Waals surface area contributed by atoms with Gasteiger partial charge in [0.1, 0.15) is 23.8 Å². The van der Waals surface area contributed by atoms with Crippen LogP contribution in [-0.4, -0.2) is 41.3 Å². The number of piperidine rings is 1. The van der Waals surface area contributed by atoms with Crippen molar-refractivity contribution in [2.75, 3.05) is 19.8 Å². The molecule has 1 atom stereocenters. The van der Waals surface area contributed by atoms with E-state index in [4.69, 9.17) is 9.47 Å². The maximum Gasteiger partial charge on any atom is 0.142 e. The van der Waals surface area contributed by atoms with E-state index in [0.29, 0.717) is 12.8 Å². The molecule has 0 aliphatic carbocycles. The number of ether oxygens (including phenoxy) is 2. The molecule has 46 heavy (non-hydrogen) atoms. The fraction of sp³-hybridized carbons (Fsp3) is 0.571. The van der Waals surface area contributed by atoms with Gasteiger partial charge < -0.3 is 9.47 Å². The predicted molar refractivity (Wildman–Crippen MR) is 194 cm³/mol. The number of likely N-dealkylation sites (tertiary alicyclic amines) is 1. The maximum absolute atomic E-state index is 6.97. The Morgan fingerprint density at radius 1 is 0.848 bits per heavy atom. The minimum Gasteiger partial charge on any atom is -0.487 e. The van der Waals surface area contributed by atoms with Gasteiger partial charge in [-0.25, -0.2) is 0 Å². The second-order valence-corrected chi connectivity index (χ2v) is 14.9. The highest BCUT2D eigenvalue weighted by Gasteiger charge is 2.37. The second kappa shape index (κ2) is 15.8. The van der Waals surface area contributed by atoms with Crippen LogP contribution in [0.5, 0.6) is 11.5 Å². The first-order valence-electron chi connectivity index (χ1n) is 18.0. The highest BCUT2D eigenvalue weighted by atomic mass is 16.5. The van der Waals surface area contributed by atoms with Crippen molar-refractivity contribution in [3.05, 3.63) is 93.1 Å². The molecule has 0 N–H and O–H groups in total. The number of hydrogen-bond acceptors (Lipinski definition) is 4. The molecule has 2 aromatic carbocycles. The van der Waals surface area contributed by atoms with Gasteiger partial charge >= 0.3 is 0 Å². The van der Waals surface area contributed by atoms with Crippen LogP contribution < -0.4 is 9.47 Å². The van der Waals surface area contributed by atoms with Crippen LogP contribution in [0.3, 0.4) is 0 Å². The number of hydrogen-bond donors (Lipinski definition) is 0. The topological polar surface area (TPSA) is 24.9 Å². The van der Waals surface area contributed by atoms with Gasteiger partial charge in [-0.3, -0.25) is 9.80 Å².